The predicted octanol–water partition coefficient (Wildman–Crippen LogP) is 2.40. The van der Waals surface area contributed by atoms with Gasteiger partial charge in [-0.1, -0.05) is 19.9 Å². The molecule has 90 valence electrons. The van der Waals surface area contributed by atoms with Gasteiger partial charge in [-0.3, -0.25) is 4.79 Å². The highest BCUT2D eigenvalue weighted by molar-refractivity contribution is 5.13. The van der Waals surface area contributed by atoms with Crippen molar-refractivity contribution in [3.05, 3.63) is 34.2 Å². The molecule has 1 aromatic rings. The highest BCUT2D eigenvalue weighted by Crippen LogP contribution is 2.11. The number of aromatic nitrogens is 1. The fourth-order valence-corrected chi connectivity index (χ4v) is 1.45. The average Bonchev–Trinajstić information content (AvgIpc) is 2.20. The van der Waals surface area contributed by atoms with Gasteiger partial charge in [0.2, 0.25) is 0 Å². The molecule has 0 atom stereocenters. The number of nitrogens with zero attached hydrogens (tertiary/aromatic N) is 1. The molecule has 3 heteroatoms. The van der Waals surface area contributed by atoms with Gasteiger partial charge in [0, 0.05) is 18.8 Å². The van der Waals surface area contributed by atoms with Crippen LogP contribution in [0.5, 0.6) is 0 Å². The number of hydrogen-bond acceptors (Lipinski definition) is 2. The van der Waals surface area contributed by atoms with Gasteiger partial charge in [0.25, 0.3) is 5.56 Å². The normalized spacial score (nSPS) is 11.4. The third-order valence-corrected chi connectivity index (χ3v) is 2.46. The molecule has 0 amide bonds. The number of ether oxygens (including phenoxy) is 1. The summed E-state index contributed by atoms with van der Waals surface area (Å²) in [6.07, 6.45) is 2.14. The molecule has 0 N–H and O–H groups in total. The molecule has 0 unspecified atom stereocenters. The maximum absolute atomic E-state index is 11.6. The van der Waals surface area contributed by atoms with Crippen molar-refractivity contribution in [1.82, 2.24) is 4.57 Å². The van der Waals surface area contributed by atoms with E-state index >= 15 is 0 Å². The van der Waals surface area contributed by atoms with Gasteiger partial charge in [0.1, 0.15) is 0 Å². The van der Waals surface area contributed by atoms with Crippen molar-refractivity contribution in [2.45, 2.75) is 46.3 Å². The molecule has 0 fully saturated rings. The maximum Gasteiger partial charge on any atom is 0.250 e. The van der Waals surface area contributed by atoms with Crippen LogP contribution in [-0.2, 0) is 11.3 Å². The van der Waals surface area contributed by atoms with E-state index in [1.807, 2.05) is 26.1 Å². The van der Waals surface area contributed by atoms with Crippen molar-refractivity contribution in [2.75, 3.05) is 6.61 Å². The lowest BCUT2D eigenvalue weighted by Crippen LogP contribution is -2.22. The molecule has 1 heterocycles. The quantitative estimate of drug-likeness (QED) is 0.767. The lowest BCUT2D eigenvalue weighted by atomic mass is 10.1. The largest absolute Gasteiger partial charge is 0.377 e. The summed E-state index contributed by atoms with van der Waals surface area (Å²) in [5.41, 5.74) is 1.22. The van der Waals surface area contributed by atoms with E-state index in [4.69, 9.17) is 4.74 Å². The summed E-state index contributed by atoms with van der Waals surface area (Å²) < 4.78 is 7.16. The monoisotopic (exact) mass is 223 g/mol. The van der Waals surface area contributed by atoms with Crippen molar-refractivity contribution in [2.24, 2.45) is 0 Å². The minimum absolute atomic E-state index is 0.0387. The van der Waals surface area contributed by atoms with E-state index < -0.39 is 0 Å². The second-order valence-electron chi connectivity index (χ2n) is 4.57. The molecule has 0 aliphatic carbocycles. The van der Waals surface area contributed by atoms with E-state index in [1.165, 1.54) is 5.56 Å². The van der Waals surface area contributed by atoms with Crippen LogP contribution in [0.2, 0.25) is 0 Å². The van der Waals surface area contributed by atoms with E-state index in [0.29, 0.717) is 19.1 Å². The molecule has 0 aromatic carbocycles. The molecular formula is C13H21NO2. The van der Waals surface area contributed by atoms with Crippen molar-refractivity contribution in [1.29, 1.82) is 0 Å². The summed E-state index contributed by atoms with van der Waals surface area (Å²) in [6.45, 7) is 9.43. The fraction of sp³-hybridized carbons (Fsp3) is 0.615. The zero-order valence-corrected chi connectivity index (χ0v) is 10.6. The third-order valence-electron chi connectivity index (χ3n) is 2.46. The Balaban J connectivity index is 2.71. The molecule has 0 radical (unpaired) electrons. The van der Waals surface area contributed by atoms with E-state index in [2.05, 4.69) is 13.8 Å². The van der Waals surface area contributed by atoms with Crippen LogP contribution in [0.1, 0.15) is 39.2 Å². The third kappa shape index (κ3) is 3.81. The number of pyridine rings is 1. The van der Waals surface area contributed by atoms with Gasteiger partial charge in [-0.25, -0.2) is 0 Å². The summed E-state index contributed by atoms with van der Waals surface area (Å²) in [7, 11) is 0. The molecule has 0 saturated heterocycles. The Hall–Kier alpha value is -1.09. The highest BCUT2D eigenvalue weighted by Gasteiger charge is 2.02. The Labute approximate surface area is 97.1 Å². The SMILES string of the molecule is CC(C)OCCn1cc(C(C)C)ccc1=O. The van der Waals surface area contributed by atoms with Gasteiger partial charge < -0.3 is 9.30 Å². The first-order valence-corrected chi connectivity index (χ1v) is 5.82. The van der Waals surface area contributed by atoms with E-state index in [1.54, 1.807) is 10.6 Å². The van der Waals surface area contributed by atoms with E-state index in [9.17, 15) is 4.79 Å². The van der Waals surface area contributed by atoms with Gasteiger partial charge in [0.15, 0.2) is 0 Å². The van der Waals surface area contributed by atoms with Crippen LogP contribution in [0.3, 0.4) is 0 Å². The smallest absolute Gasteiger partial charge is 0.250 e. The summed E-state index contributed by atoms with van der Waals surface area (Å²) in [5, 5.41) is 0. The molecule has 0 saturated carbocycles. The second kappa shape index (κ2) is 5.85. The summed E-state index contributed by atoms with van der Waals surface area (Å²) >= 11 is 0. The highest BCUT2D eigenvalue weighted by atomic mass is 16.5. The van der Waals surface area contributed by atoms with Gasteiger partial charge in [-0.05, 0) is 25.3 Å². The first kappa shape index (κ1) is 13.0. The van der Waals surface area contributed by atoms with Crippen molar-refractivity contribution >= 4 is 0 Å². The van der Waals surface area contributed by atoms with Crippen molar-refractivity contribution in [3.63, 3.8) is 0 Å². The first-order valence-electron chi connectivity index (χ1n) is 5.82. The van der Waals surface area contributed by atoms with Gasteiger partial charge in [0.05, 0.1) is 12.7 Å². The van der Waals surface area contributed by atoms with Crippen LogP contribution in [0.4, 0.5) is 0 Å². The lowest BCUT2D eigenvalue weighted by Gasteiger charge is -2.12. The number of hydrogen-bond donors (Lipinski definition) is 0. The summed E-state index contributed by atoms with van der Waals surface area (Å²) in [6, 6.07) is 3.53. The number of rotatable bonds is 5. The minimum atomic E-state index is 0.0387. The van der Waals surface area contributed by atoms with Crippen molar-refractivity contribution < 1.29 is 4.74 Å². The standard InChI is InChI=1S/C13H21NO2/c1-10(2)12-5-6-13(15)14(9-12)7-8-16-11(3)4/h5-6,9-11H,7-8H2,1-4H3. The maximum atomic E-state index is 11.6. The zero-order chi connectivity index (χ0) is 12.1. The van der Waals surface area contributed by atoms with Crippen LogP contribution >= 0.6 is 0 Å². The molecule has 1 rings (SSSR count). The first-order chi connectivity index (χ1) is 7.50. The molecule has 1 aromatic heterocycles. The minimum Gasteiger partial charge on any atom is -0.377 e. The van der Waals surface area contributed by atoms with Gasteiger partial charge in [-0.2, -0.15) is 0 Å². The molecule has 3 nitrogen and oxygen atoms in total. The van der Waals surface area contributed by atoms with Crippen LogP contribution in [0, 0.1) is 0 Å². The zero-order valence-electron chi connectivity index (χ0n) is 10.6. The molecule has 0 bridgehead atoms. The fourth-order valence-electron chi connectivity index (χ4n) is 1.45. The van der Waals surface area contributed by atoms with Gasteiger partial charge >= 0.3 is 0 Å². The van der Waals surface area contributed by atoms with Crippen LogP contribution in [0.15, 0.2) is 23.1 Å². The van der Waals surface area contributed by atoms with Crippen LogP contribution in [0.25, 0.3) is 0 Å². The predicted molar refractivity (Wildman–Crippen MR) is 65.9 cm³/mol. The van der Waals surface area contributed by atoms with E-state index in [0.717, 1.165) is 0 Å². The second-order valence-corrected chi connectivity index (χ2v) is 4.57. The van der Waals surface area contributed by atoms with Crippen LogP contribution in [-0.4, -0.2) is 17.3 Å². The summed E-state index contributed by atoms with van der Waals surface area (Å²) in [5.74, 6) is 0.442. The molecular weight excluding hydrogens is 202 g/mol. The Bertz CT molecular complexity index is 380. The summed E-state index contributed by atoms with van der Waals surface area (Å²) in [4.78, 5) is 11.6. The average molecular weight is 223 g/mol. The Morgan fingerprint density at radius 3 is 2.50 bits per heavy atom. The molecule has 0 aliphatic heterocycles. The van der Waals surface area contributed by atoms with Crippen molar-refractivity contribution in [3.8, 4) is 0 Å². The molecule has 0 spiro atoms. The Kier molecular flexibility index (Phi) is 4.74. The molecule has 0 aliphatic rings. The Morgan fingerprint density at radius 1 is 1.25 bits per heavy atom. The lowest BCUT2D eigenvalue weighted by molar-refractivity contribution is 0.0722. The van der Waals surface area contributed by atoms with Crippen LogP contribution < -0.4 is 5.56 Å². The van der Waals surface area contributed by atoms with E-state index in [-0.39, 0.29) is 11.7 Å². The topological polar surface area (TPSA) is 31.2 Å². The van der Waals surface area contributed by atoms with Gasteiger partial charge in [-0.15, -0.1) is 0 Å². The Morgan fingerprint density at radius 2 is 1.94 bits per heavy atom. The molecule has 16 heavy (non-hydrogen) atoms.